The fourth-order valence-corrected chi connectivity index (χ4v) is 1.78. The molecule has 0 saturated carbocycles. The van der Waals surface area contributed by atoms with Crippen LogP contribution in [-0.2, 0) is 9.59 Å². The summed E-state index contributed by atoms with van der Waals surface area (Å²) in [7, 11) is 0. The predicted molar refractivity (Wildman–Crippen MR) is 55.4 cm³/mol. The van der Waals surface area contributed by atoms with Crippen LogP contribution in [0.5, 0.6) is 0 Å². The zero-order valence-electron chi connectivity index (χ0n) is 9.12. The van der Waals surface area contributed by atoms with E-state index in [0.717, 1.165) is 6.54 Å². The topological polar surface area (TPSA) is 78.4 Å². The number of hydrogen-bond acceptors (Lipinski definition) is 3. The summed E-state index contributed by atoms with van der Waals surface area (Å²) < 4.78 is 0. The second-order valence-corrected chi connectivity index (χ2v) is 4.05. The molecule has 5 heteroatoms. The first-order valence-corrected chi connectivity index (χ1v) is 5.30. The van der Waals surface area contributed by atoms with Crippen LogP contribution < -0.4 is 10.6 Å². The van der Waals surface area contributed by atoms with E-state index in [1.54, 1.807) is 6.92 Å². The molecule has 0 aromatic heterocycles. The van der Waals surface area contributed by atoms with Gasteiger partial charge in [-0.25, -0.2) is 4.79 Å². The number of nitrogens with one attached hydrogen (secondary N) is 2. The summed E-state index contributed by atoms with van der Waals surface area (Å²) in [4.78, 5) is 22.4. The second kappa shape index (κ2) is 5.11. The molecule has 1 saturated heterocycles. The fraction of sp³-hybridized carbons (Fsp3) is 0.800. The number of aliphatic carboxylic acids is 1. The summed E-state index contributed by atoms with van der Waals surface area (Å²) in [5.41, 5.74) is 0. The molecule has 1 amide bonds. The van der Waals surface area contributed by atoms with Gasteiger partial charge in [0, 0.05) is 6.54 Å². The molecular weight excluding hydrogens is 196 g/mol. The van der Waals surface area contributed by atoms with Crippen molar-refractivity contribution in [2.24, 2.45) is 11.8 Å². The van der Waals surface area contributed by atoms with Crippen LogP contribution in [0.25, 0.3) is 0 Å². The molecule has 86 valence electrons. The molecule has 0 aliphatic carbocycles. The molecule has 5 nitrogen and oxygen atoms in total. The van der Waals surface area contributed by atoms with Crippen LogP contribution in [0.2, 0.25) is 0 Å². The van der Waals surface area contributed by atoms with Crippen LogP contribution in [-0.4, -0.2) is 36.1 Å². The lowest BCUT2D eigenvalue weighted by molar-refractivity contribution is -0.142. The summed E-state index contributed by atoms with van der Waals surface area (Å²) in [6.45, 7) is 5.20. The van der Waals surface area contributed by atoms with E-state index in [9.17, 15) is 9.59 Å². The monoisotopic (exact) mass is 214 g/mol. The maximum atomic E-state index is 11.7. The molecule has 1 aliphatic heterocycles. The van der Waals surface area contributed by atoms with Crippen LogP contribution >= 0.6 is 0 Å². The Kier molecular flexibility index (Phi) is 4.08. The highest BCUT2D eigenvalue weighted by molar-refractivity contribution is 5.85. The van der Waals surface area contributed by atoms with Gasteiger partial charge in [-0.2, -0.15) is 0 Å². The minimum Gasteiger partial charge on any atom is -0.480 e. The van der Waals surface area contributed by atoms with Crippen molar-refractivity contribution in [3.05, 3.63) is 0 Å². The molecule has 0 spiro atoms. The van der Waals surface area contributed by atoms with Crippen molar-refractivity contribution in [1.29, 1.82) is 0 Å². The lowest BCUT2D eigenvalue weighted by atomic mass is 9.97. The standard InChI is InChI=1S/C10H18N2O3/c1-3-8(10(14)15)12-9(13)7-5-11-4-6(7)2/h6-8,11H,3-5H2,1-2H3,(H,12,13)(H,14,15)/t6-,7-,8?/m1/s1. The molecule has 1 heterocycles. The van der Waals surface area contributed by atoms with Gasteiger partial charge in [-0.1, -0.05) is 13.8 Å². The van der Waals surface area contributed by atoms with Gasteiger partial charge < -0.3 is 15.7 Å². The van der Waals surface area contributed by atoms with Crippen LogP contribution in [0.1, 0.15) is 20.3 Å². The van der Waals surface area contributed by atoms with Gasteiger partial charge in [-0.3, -0.25) is 4.79 Å². The van der Waals surface area contributed by atoms with E-state index >= 15 is 0 Å². The highest BCUT2D eigenvalue weighted by Gasteiger charge is 2.31. The van der Waals surface area contributed by atoms with Gasteiger partial charge >= 0.3 is 5.97 Å². The van der Waals surface area contributed by atoms with Gasteiger partial charge in [0.2, 0.25) is 5.91 Å². The van der Waals surface area contributed by atoms with Gasteiger partial charge in [0.25, 0.3) is 0 Å². The van der Waals surface area contributed by atoms with E-state index in [4.69, 9.17) is 5.11 Å². The highest BCUT2D eigenvalue weighted by Crippen LogP contribution is 2.16. The third-order valence-electron chi connectivity index (χ3n) is 2.88. The van der Waals surface area contributed by atoms with Gasteiger partial charge in [0.05, 0.1) is 5.92 Å². The maximum Gasteiger partial charge on any atom is 0.326 e. The Labute approximate surface area is 89.2 Å². The first-order chi connectivity index (χ1) is 7.06. The molecular formula is C10H18N2O3. The van der Waals surface area contributed by atoms with E-state index in [0.29, 0.717) is 13.0 Å². The van der Waals surface area contributed by atoms with E-state index in [1.807, 2.05) is 6.92 Å². The number of amides is 1. The van der Waals surface area contributed by atoms with Crippen molar-refractivity contribution in [3.63, 3.8) is 0 Å². The Morgan fingerprint density at radius 1 is 1.53 bits per heavy atom. The van der Waals surface area contributed by atoms with Crippen LogP contribution in [0.15, 0.2) is 0 Å². The minimum absolute atomic E-state index is 0.0987. The predicted octanol–water partition coefficient (Wildman–Crippen LogP) is -0.179. The van der Waals surface area contributed by atoms with Gasteiger partial charge in [0.15, 0.2) is 0 Å². The molecule has 1 fully saturated rings. The van der Waals surface area contributed by atoms with Crippen molar-refractivity contribution in [2.75, 3.05) is 13.1 Å². The van der Waals surface area contributed by atoms with Crippen molar-refractivity contribution in [3.8, 4) is 0 Å². The molecule has 3 atom stereocenters. The fourth-order valence-electron chi connectivity index (χ4n) is 1.78. The number of carboxylic acids is 1. The van der Waals surface area contributed by atoms with Crippen molar-refractivity contribution >= 4 is 11.9 Å². The number of hydrogen-bond donors (Lipinski definition) is 3. The number of carboxylic acid groups (broad SMARTS) is 1. The SMILES string of the molecule is CCC(NC(=O)[C@@H]1CNC[C@H]1C)C(=O)O. The van der Waals surface area contributed by atoms with E-state index in [-0.39, 0.29) is 17.7 Å². The molecule has 0 radical (unpaired) electrons. The zero-order chi connectivity index (χ0) is 11.4. The molecule has 0 bridgehead atoms. The summed E-state index contributed by atoms with van der Waals surface area (Å²) in [6.07, 6.45) is 0.412. The minimum atomic E-state index is -0.968. The normalized spacial score (nSPS) is 27.3. The Hall–Kier alpha value is -1.10. The van der Waals surface area contributed by atoms with E-state index in [1.165, 1.54) is 0 Å². The van der Waals surface area contributed by atoms with Gasteiger partial charge in [-0.05, 0) is 18.9 Å². The average molecular weight is 214 g/mol. The quantitative estimate of drug-likeness (QED) is 0.606. The summed E-state index contributed by atoms with van der Waals surface area (Å²) in [5.74, 6) is -0.944. The second-order valence-electron chi connectivity index (χ2n) is 4.05. The third-order valence-corrected chi connectivity index (χ3v) is 2.88. The first-order valence-electron chi connectivity index (χ1n) is 5.30. The molecule has 0 aromatic carbocycles. The largest absolute Gasteiger partial charge is 0.480 e. The number of carbonyl (C=O) groups excluding carboxylic acids is 1. The van der Waals surface area contributed by atoms with Crippen LogP contribution in [0, 0.1) is 11.8 Å². The van der Waals surface area contributed by atoms with Crippen LogP contribution in [0.3, 0.4) is 0 Å². The lowest BCUT2D eigenvalue weighted by Crippen LogP contribution is -2.44. The molecule has 1 aliphatic rings. The number of rotatable bonds is 4. The zero-order valence-corrected chi connectivity index (χ0v) is 9.12. The Morgan fingerprint density at radius 3 is 2.60 bits per heavy atom. The van der Waals surface area contributed by atoms with Crippen molar-refractivity contribution in [2.45, 2.75) is 26.3 Å². The van der Waals surface area contributed by atoms with Gasteiger partial charge in [-0.15, -0.1) is 0 Å². The van der Waals surface area contributed by atoms with Crippen LogP contribution in [0.4, 0.5) is 0 Å². The Morgan fingerprint density at radius 2 is 2.20 bits per heavy atom. The summed E-state index contributed by atoms with van der Waals surface area (Å²) >= 11 is 0. The lowest BCUT2D eigenvalue weighted by Gasteiger charge is -2.17. The Balaban J connectivity index is 2.50. The molecule has 3 N–H and O–H groups in total. The third kappa shape index (κ3) is 2.92. The smallest absolute Gasteiger partial charge is 0.326 e. The Bertz CT molecular complexity index is 255. The van der Waals surface area contributed by atoms with Gasteiger partial charge in [0.1, 0.15) is 6.04 Å². The van der Waals surface area contributed by atoms with E-state index in [2.05, 4.69) is 10.6 Å². The number of carbonyl (C=O) groups is 2. The maximum absolute atomic E-state index is 11.7. The highest BCUT2D eigenvalue weighted by atomic mass is 16.4. The first kappa shape index (κ1) is 12.0. The molecule has 1 unspecified atom stereocenters. The average Bonchev–Trinajstić information content (AvgIpc) is 2.60. The van der Waals surface area contributed by atoms with Crippen molar-refractivity contribution < 1.29 is 14.7 Å². The van der Waals surface area contributed by atoms with E-state index < -0.39 is 12.0 Å². The summed E-state index contributed by atoms with van der Waals surface area (Å²) in [5, 5.41) is 14.5. The molecule has 15 heavy (non-hydrogen) atoms. The molecule has 0 aromatic rings. The van der Waals surface area contributed by atoms with Crippen molar-refractivity contribution in [1.82, 2.24) is 10.6 Å². The molecule has 1 rings (SSSR count). The summed E-state index contributed by atoms with van der Waals surface area (Å²) in [6, 6.07) is -0.759.